The molecule has 158 valence electrons. The minimum Gasteiger partial charge on any atom is -0.486 e. The van der Waals surface area contributed by atoms with E-state index in [2.05, 4.69) is 29.2 Å². The molecule has 3 N–H and O–H groups in total. The lowest BCUT2D eigenvalue weighted by Crippen LogP contribution is -2.15. The van der Waals surface area contributed by atoms with Gasteiger partial charge < -0.3 is 24.9 Å². The summed E-state index contributed by atoms with van der Waals surface area (Å²) in [6.07, 6.45) is 2.97. The van der Waals surface area contributed by atoms with Crippen molar-refractivity contribution in [1.29, 1.82) is 0 Å². The Morgan fingerprint density at radius 1 is 0.839 bits per heavy atom. The predicted octanol–water partition coefficient (Wildman–Crippen LogP) is 5.68. The molecule has 1 aliphatic heterocycles. The number of nitrogens with two attached hydrogens (primary N) is 1. The summed E-state index contributed by atoms with van der Waals surface area (Å²) in [4.78, 5) is 3.62. The third-order valence-corrected chi connectivity index (χ3v) is 5.57. The van der Waals surface area contributed by atoms with Crippen LogP contribution in [0, 0.1) is 0 Å². The maximum Gasteiger partial charge on any atom is 0.162 e. The first-order valence-corrected chi connectivity index (χ1v) is 10.8. The number of ether oxygens (including phenoxy) is 3. The molecule has 0 atom stereocenters. The number of para-hydroxylation sites is 1. The van der Waals surface area contributed by atoms with Crippen LogP contribution in [0.5, 0.6) is 23.0 Å². The fourth-order valence-electron chi connectivity index (χ4n) is 4.07. The van der Waals surface area contributed by atoms with Crippen LogP contribution in [-0.2, 0) is 6.42 Å². The van der Waals surface area contributed by atoms with Crippen molar-refractivity contribution in [2.75, 3.05) is 19.8 Å². The van der Waals surface area contributed by atoms with Crippen molar-refractivity contribution in [1.82, 2.24) is 4.98 Å². The Kier molecular flexibility index (Phi) is 5.50. The predicted molar refractivity (Wildman–Crippen MR) is 123 cm³/mol. The van der Waals surface area contributed by atoms with Crippen LogP contribution in [0.4, 0.5) is 0 Å². The number of aryl methyl sites for hydroxylation is 1. The number of rotatable bonds is 7. The van der Waals surface area contributed by atoms with Gasteiger partial charge in [0.15, 0.2) is 11.5 Å². The Bertz CT molecular complexity index is 1180. The van der Waals surface area contributed by atoms with Gasteiger partial charge in [-0.3, -0.25) is 0 Å². The van der Waals surface area contributed by atoms with Crippen LogP contribution in [0.15, 0.2) is 66.7 Å². The number of hydrogen-bond acceptors (Lipinski definition) is 4. The smallest absolute Gasteiger partial charge is 0.162 e. The van der Waals surface area contributed by atoms with E-state index < -0.39 is 0 Å². The van der Waals surface area contributed by atoms with Crippen molar-refractivity contribution in [3.05, 3.63) is 72.3 Å². The highest BCUT2D eigenvalue weighted by molar-refractivity contribution is 5.92. The summed E-state index contributed by atoms with van der Waals surface area (Å²) >= 11 is 0. The van der Waals surface area contributed by atoms with E-state index in [1.165, 1.54) is 10.9 Å². The monoisotopic (exact) mass is 414 g/mol. The SMILES string of the molecule is NCCCCc1c(-c2ccc3c(c2)OCCO3)[nH]c2ccc(Oc3ccccc3)cc12. The fraction of sp³-hybridized carbons (Fsp3) is 0.231. The second-order valence-electron chi connectivity index (χ2n) is 7.71. The van der Waals surface area contributed by atoms with Crippen molar-refractivity contribution in [3.63, 3.8) is 0 Å². The molecular formula is C26H26N2O3. The van der Waals surface area contributed by atoms with Crippen LogP contribution in [0.2, 0.25) is 0 Å². The van der Waals surface area contributed by atoms with Gasteiger partial charge in [0.1, 0.15) is 24.7 Å². The number of nitrogens with one attached hydrogen (secondary N) is 1. The first-order valence-electron chi connectivity index (χ1n) is 10.8. The zero-order chi connectivity index (χ0) is 21.0. The highest BCUT2D eigenvalue weighted by atomic mass is 16.6. The lowest BCUT2D eigenvalue weighted by molar-refractivity contribution is 0.171. The molecule has 0 aliphatic carbocycles. The quantitative estimate of drug-likeness (QED) is 0.382. The van der Waals surface area contributed by atoms with Crippen molar-refractivity contribution in [2.24, 2.45) is 5.73 Å². The van der Waals surface area contributed by atoms with Crippen LogP contribution in [0.3, 0.4) is 0 Å². The van der Waals surface area contributed by atoms with Crippen molar-refractivity contribution in [3.8, 4) is 34.3 Å². The van der Waals surface area contributed by atoms with Crippen molar-refractivity contribution in [2.45, 2.75) is 19.3 Å². The van der Waals surface area contributed by atoms with Crippen molar-refractivity contribution < 1.29 is 14.2 Å². The van der Waals surface area contributed by atoms with Gasteiger partial charge in [-0.15, -0.1) is 0 Å². The average molecular weight is 415 g/mol. The molecule has 0 amide bonds. The second kappa shape index (κ2) is 8.74. The molecule has 0 saturated carbocycles. The number of benzene rings is 3. The van der Waals surface area contributed by atoms with Crippen LogP contribution in [-0.4, -0.2) is 24.7 Å². The first-order chi connectivity index (χ1) is 15.3. The van der Waals surface area contributed by atoms with Crippen LogP contribution < -0.4 is 19.9 Å². The largest absolute Gasteiger partial charge is 0.486 e. The molecule has 1 aliphatic rings. The van der Waals surface area contributed by atoms with E-state index in [0.29, 0.717) is 19.8 Å². The van der Waals surface area contributed by atoms with Gasteiger partial charge in [0.2, 0.25) is 0 Å². The zero-order valence-electron chi connectivity index (χ0n) is 17.4. The summed E-state index contributed by atoms with van der Waals surface area (Å²) in [7, 11) is 0. The lowest BCUT2D eigenvalue weighted by atomic mass is 10.00. The van der Waals surface area contributed by atoms with Gasteiger partial charge in [-0.2, -0.15) is 0 Å². The van der Waals surface area contributed by atoms with Gasteiger partial charge in [0, 0.05) is 22.2 Å². The Morgan fingerprint density at radius 3 is 2.52 bits per heavy atom. The average Bonchev–Trinajstić information content (AvgIpc) is 3.17. The summed E-state index contributed by atoms with van der Waals surface area (Å²) in [5.74, 6) is 3.25. The summed E-state index contributed by atoms with van der Waals surface area (Å²) < 4.78 is 17.6. The minimum absolute atomic E-state index is 0.576. The van der Waals surface area contributed by atoms with E-state index in [0.717, 1.165) is 59.0 Å². The molecule has 0 fully saturated rings. The maximum atomic E-state index is 6.09. The molecule has 3 aromatic carbocycles. The fourth-order valence-corrected chi connectivity index (χ4v) is 4.07. The molecule has 5 nitrogen and oxygen atoms in total. The maximum absolute atomic E-state index is 6.09. The van der Waals surface area contributed by atoms with Crippen molar-refractivity contribution >= 4 is 10.9 Å². The van der Waals surface area contributed by atoms with Gasteiger partial charge in [-0.1, -0.05) is 18.2 Å². The molecule has 5 rings (SSSR count). The molecular weight excluding hydrogens is 388 g/mol. The van der Waals surface area contributed by atoms with E-state index in [4.69, 9.17) is 19.9 Å². The van der Waals surface area contributed by atoms with E-state index in [9.17, 15) is 0 Å². The lowest BCUT2D eigenvalue weighted by Gasteiger charge is -2.19. The number of H-pyrrole nitrogens is 1. The Morgan fingerprint density at radius 2 is 1.68 bits per heavy atom. The summed E-state index contributed by atoms with van der Waals surface area (Å²) in [6.45, 7) is 1.87. The highest BCUT2D eigenvalue weighted by Gasteiger charge is 2.18. The molecule has 0 saturated heterocycles. The van der Waals surface area contributed by atoms with Gasteiger partial charge in [0.05, 0.1) is 0 Å². The van der Waals surface area contributed by atoms with Gasteiger partial charge in [-0.05, 0) is 79.9 Å². The van der Waals surface area contributed by atoms with E-state index in [1.807, 2.05) is 42.5 Å². The molecule has 4 aromatic rings. The normalized spacial score (nSPS) is 12.8. The van der Waals surface area contributed by atoms with Crippen LogP contribution in [0.1, 0.15) is 18.4 Å². The third-order valence-electron chi connectivity index (χ3n) is 5.57. The number of hydrogen-bond donors (Lipinski definition) is 2. The standard InChI is InChI=1S/C26H26N2O3/c27-13-5-4-8-21-22-17-20(31-19-6-2-1-3-7-19)10-11-23(22)28-26(21)18-9-12-24-25(16-18)30-15-14-29-24/h1-3,6-7,9-12,16-17,28H,4-5,8,13-15,27H2. The van der Waals surface area contributed by atoms with Gasteiger partial charge >= 0.3 is 0 Å². The van der Waals surface area contributed by atoms with E-state index in [-0.39, 0.29) is 0 Å². The molecule has 0 radical (unpaired) electrons. The molecule has 2 heterocycles. The third kappa shape index (κ3) is 4.09. The van der Waals surface area contributed by atoms with Gasteiger partial charge in [0.25, 0.3) is 0 Å². The molecule has 0 unspecified atom stereocenters. The molecule has 5 heteroatoms. The molecule has 0 spiro atoms. The second-order valence-corrected chi connectivity index (χ2v) is 7.71. The minimum atomic E-state index is 0.576. The molecule has 0 bridgehead atoms. The van der Waals surface area contributed by atoms with E-state index in [1.54, 1.807) is 0 Å². The topological polar surface area (TPSA) is 69.5 Å². The summed E-state index contributed by atoms with van der Waals surface area (Å²) in [6, 6.07) is 22.2. The Hall–Kier alpha value is -3.44. The molecule has 31 heavy (non-hydrogen) atoms. The number of aromatic nitrogens is 1. The number of fused-ring (bicyclic) bond motifs is 2. The first kappa shape index (κ1) is 19.5. The Balaban J connectivity index is 1.56. The molecule has 1 aromatic heterocycles. The number of unbranched alkanes of at least 4 members (excludes halogenated alkanes) is 1. The van der Waals surface area contributed by atoms with E-state index >= 15 is 0 Å². The zero-order valence-corrected chi connectivity index (χ0v) is 17.4. The van der Waals surface area contributed by atoms with Crippen LogP contribution >= 0.6 is 0 Å². The Labute approximate surface area is 181 Å². The number of aromatic amines is 1. The summed E-state index contributed by atoms with van der Waals surface area (Å²) in [5.41, 5.74) is 10.3. The van der Waals surface area contributed by atoms with Crippen LogP contribution in [0.25, 0.3) is 22.2 Å². The highest BCUT2D eigenvalue weighted by Crippen LogP contribution is 2.39. The summed E-state index contributed by atoms with van der Waals surface area (Å²) in [5, 5.41) is 1.18. The van der Waals surface area contributed by atoms with Gasteiger partial charge in [-0.25, -0.2) is 0 Å².